The zero-order valence-electron chi connectivity index (χ0n) is 10.1. The average molecular weight is 259 g/mol. The van der Waals surface area contributed by atoms with Gasteiger partial charge in [-0.2, -0.15) is 0 Å². The van der Waals surface area contributed by atoms with Crippen LogP contribution in [0.25, 0.3) is 0 Å². The van der Waals surface area contributed by atoms with Crippen molar-refractivity contribution in [2.45, 2.75) is 30.7 Å². The van der Waals surface area contributed by atoms with Gasteiger partial charge >= 0.3 is 0 Å². The van der Waals surface area contributed by atoms with Gasteiger partial charge in [-0.1, -0.05) is 6.07 Å². The summed E-state index contributed by atoms with van der Waals surface area (Å²) in [6.45, 7) is 1.99. The first-order chi connectivity index (χ1) is 7.95. The van der Waals surface area contributed by atoms with Crippen LogP contribution < -0.4 is 5.32 Å². The van der Waals surface area contributed by atoms with Crippen LogP contribution in [-0.2, 0) is 9.84 Å². The normalized spacial score (nSPS) is 13.6. The van der Waals surface area contributed by atoms with Crippen molar-refractivity contribution in [1.29, 1.82) is 0 Å². The predicted octanol–water partition coefficient (Wildman–Crippen LogP) is 1.99. The topological polar surface area (TPSA) is 46.2 Å². The highest BCUT2D eigenvalue weighted by molar-refractivity contribution is 7.91. The van der Waals surface area contributed by atoms with Gasteiger partial charge in [0.1, 0.15) is 5.82 Å². The summed E-state index contributed by atoms with van der Waals surface area (Å²) in [5, 5.41) is 3.05. The number of hydrogen-bond donors (Lipinski definition) is 1. The lowest BCUT2D eigenvalue weighted by atomic mass is 10.2. The Hall–Kier alpha value is -0.940. The van der Waals surface area contributed by atoms with Crippen LogP contribution in [0.15, 0.2) is 29.2 Å². The third-order valence-electron chi connectivity index (χ3n) is 2.70. The maximum Gasteiger partial charge on any atom is 0.178 e. The van der Waals surface area contributed by atoms with E-state index in [1.807, 2.05) is 14.0 Å². The van der Waals surface area contributed by atoms with Crippen LogP contribution in [-0.4, -0.2) is 27.3 Å². The Labute approximate surface area is 102 Å². The largest absolute Gasteiger partial charge is 0.317 e. The molecule has 0 spiro atoms. The van der Waals surface area contributed by atoms with E-state index in [9.17, 15) is 12.8 Å². The average Bonchev–Trinajstić information content (AvgIpc) is 2.28. The third-order valence-corrected chi connectivity index (χ3v) is 4.50. The van der Waals surface area contributed by atoms with Gasteiger partial charge in [0.05, 0.1) is 10.6 Å². The molecular weight excluding hydrogens is 241 g/mol. The summed E-state index contributed by atoms with van der Waals surface area (Å²) in [6, 6.07) is 5.44. The molecule has 1 unspecified atom stereocenters. The predicted molar refractivity (Wildman–Crippen MR) is 66.2 cm³/mol. The van der Waals surface area contributed by atoms with E-state index in [0.717, 1.165) is 12.5 Å². The number of halogens is 1. The molecule has 1 aromatic carbocycles. The molecular formula is C12H18FNO2S. The second kappa shape index (κ2) is 6.12. The molecule has 1 rings (SSSR count). The maximum absolute atomic E-state index is 12.9. The van der Waals surface area contributed by atoms with E-state index in [0.29, 0.717) is 6.42 Å². The van der Waals surface area contributed by atoms with Gasteiger partial charge in [0.15, 0.2) is 9.84 Å². The summed E-state index contributed by atoms with van der Waals surface area (Å²) >= 11 is 0. The minimum atomic E-state index is -3.35. The zero-order valence-corrected chi connectivity index (χ0v) is 10.9. The van der Waals surface area contributed by atoms with Gasteiger partial charge in [0.25, 0.3) is 0 Å². The molecule has 3 nitrogen and oxygen atoms in total. The summed E-state index contributed by atoms with van der Waals surface area (Å²) in [5.41, 5.74) is 0. The van der Waals surface area contributed by atoms with Crippen LogP contribution in [0.1, 0.15) is 19.8 Å². The molecule has 1 aromatic rings. The Morgan fingerprint density at radius 3 is 2.71 bits per heavy atom. The van der Waals surface area contributed by atoms with Crippen LogP contribution in [0.3, 0.4) is 0 Å². The lowest BCUT2D eigenvalue weighted by Crippen LogP contribution is -2.22. The molecule has 0 aliphatic rings. The van der Waals surface area contributed by atoms with Gasteiger partial charge in [-0.15, -0.1) is 0 Å². The quantitative estimate of drug-likeness (QED) is 0.850. The fraction of sp³-hybridized carbons (Fsp3) is 0.500. The molecule has 0 radical (unpaired) electrons. The Morgan fingerprint density at radius 2 is 2.12 bits per heavy atom. The van der Waals surface area contributed by atoms with Crippen molar-refractivity contribution >= 4 is 9.84 Å². The van der Waals surface area contributed by atoms with E-state index in [2.05, 4.69) is 5.32 Å². The fourth-order valence-corrected chi connectivity index (χ4v) is 2.86. The summed E-state index contributed by atoms with van der Waals surface area (Å²) in [5.74, 6) is -0.461. The molecule has 1 atom stereocenters. The first kappa shape index (κ1) is 14.1. The van der Waals surface area contributed by atoms with E-state index < -0.39 is 15.7 Å². The van der Waals surface area contributed by atoms with Crippen LogP contribution in [0.5, 0.6) is 0 Å². The summed E-state index contributed by atoms with van der Waals surface area (Å²) in [7, 11) is -1.52. The van der Waals surface area contributed by atoms with Crippen molar-refractivity contribution in [2.75, 3.05) is 12.8 Å². The van der Waals surface area contributed by atoms with E-state index in [1.165, 1.54) is 18.2 Å². The first-order valence-corrected chi connectivity index (χ1v) is 7.26. The molecule has 17 heavy (non-hydrogen) atoms. The molecule has 0 saturated heterocycles. The van der Waals surface area contributed by atoms with E-state index in [-0.39, 0.29) is 16.7 Å². The van der Waals surface area contributed by atoms with Crippen molar-refractivity contribution in [3.8, 4) is 0 Å². The van der Waals surface area contributed by atoms with Crippen LogP contribution >= 0.6 is 0 Å². The van der Waals surface area contributed by atoms with E-state index >= 15 is 0 Å². The Morgan fingerprint density at radius 1 is 1.41 bits per heavy atom. The molecule has 5 heteroatoms. The standard InChI is InChI=1S/C12H18FNO2S/c1-10(14-2)5-4-8-17(15,16)12-7-3-6-11(13)9-12/h3,6-7,9-10,14H,4-5,8H2,1-2H3. The molecule has 0 aliphatic heterocycles. The molecule has 0 saturated carbocycles. The van der Waals surface area contributed by atoms with Gasteiger partial charge in [0, 0.05) is 6.04 Å². The summed E-state index contributed by atoms with van der Waals surface area (Å²) in [6.07, 6.45) is 1.35. The second-order valence-corrected chi connectivity index (χ2v) is 6.22. The lowest BCUT2D eigenvalue weighted by Gasteiger charge is -2.09. The van der Waals surface area contributed by atoms with Crippen LogP contribution in [0.2, 0.25) is 0 Å². The third kappa shape index (κ3) is 4.44. The monoisotopic (exact) mass is 259 g/mol. The van der Waals surface area contributed by atoms with Crippen molar-refractivity contribution in [2.24, 2.45) is 0 Å². The minimum absolute atomic E-state index is 0.0580. The van der Waals surface area contributed by atoms with Gasteiger partial charge in [-0.05, 0) is 45.0 Å². The van der Waals surface area contributed by atoms with Crippen molar-refractivity contribution in [3.05, 3.63) is 30.1 Å². The van der Waals surface area contributed by atoms with Crippen LogP contribution in [0.4, 0.5) is 4.39 Å². The van der Waals surface area contributed by atoms with E-state index in [4.69, 9.17) is 0 Å². The number of hydrogen-bond acceptors (Lipinski definition) is 3. The number of nitrogens with one attached hydrogen (secondary N) is 1. The molecule has 1 N–H and O–H groups in total. The summed E-state index contributed by atoms with van der Waals surface area (Å²) in [4.78, 5) is 0.0645. The van der Waals surface area contributed by atoms with Gasteiger partial charge in [-0.25, -0.2) is 12.8 Å². The number of sulfone groups is 1. The Bertz CT molecular complexity index is 459. The van der Waals surface area contributed by atoms with Gasteiger partial charge in [0.2, 0.25) is 0 Å². The molecule has 0 bridgehead atoms. The Kier molecular flexibility index (Phi) is 5.08. The number of rotatable bonds is 6. The van der Waals surface area contributed by atoms with E-state index in [1.54, 1.807) is 0 Å². The molecule has 0 heterocycles. The van der Waals surface area contributed by atoms with Gasteiger partial charge < -0.3 is 5.32 Å². The van der Waals surface area contributed by atoms with Crippen molar-refractivity contribution in [1.82, 2.24) is 5.32 Å². The lowest BCUT2D eigenvalue weighted by molar-refractivity contribution is 0.548. The SMILES string of the molecule is CNC(C)CCCS(=O)(=O)c1cccc(F)c1. The highest BCUT2D eigenvalue weighted by atomic mass is 32.2. The second-order valence-electron chi connectivity index (χ2n) is 4.11. The maximum atomic E-state index is 12.9. The highest BCUT2D eigenvalue weighted by Gasteiger charge is 2.14. The molecule has 0 amide bonds. The Balaban J connectivity index is 2.63. The highest BCUT2D eigenvalue weighted by Crippen LogP contribution is 2.14. The van der Waals surface area contributed by atoms with Crippen molar-refractivity contribution in [3.63, 3.8) is 0 Å². The van der Waals surface area contributed by atoms with Gasteiger partial charge in [-0.3, -0.25) is 0 Å². The van der Waals surface area contributed by atoms with Crippen molar-refractivity contribution < 1.29 is 12.8 Å². The summed E-state index contributed by atoms with van der Waals surface area (Å²) < 4.78 is 36.7. The molecule has 0 aliphatic carbocycles. The first-order valence-electron chi connectivity index (χ1n) is 5.61. The fourth-order valence-electron chi connectivity index (χ4n) is 1.50. The molecule has 96 valence electrons. The molecule has 0 fully saturated rings. The molecule has 0 aromatic heterocycles. The zero-order chi connectivity index (χ0) is 12.9. The van der Waals surface area contributed by atoms with Crippen LogP contribution in [0, 0.1) is 5.82 Å². The minimum Gasteiger partial charge on any atom is -0.317 e. The number of benzene rings is 1. The smallest absolute Gasteiger partial charge is 0.178 e.